The third-order valence-electron chi connectivity index (χ3n) is 2.78. The molecular formula is C13H10ClN5S. The molecule has 0 spiro atoms. The molecule has 7 heteroatoms. The summed E-state index contributed by atoms with van der Waals surface area (Å²) in [5, 5.41) is 4.67. The van der Waals surface area contributed by atoms with Crippen LogP contribution < -0.4 is 11.1 Å². The number of nitrogens with zero attached hydrogens (tertiary/aromatic N) is 2. The lowest BCUT2D eigenvalue weighted by atomic mass is 10.3. The van der Waals surface area contributed by atoms with Gasteiger partial charge >= 0.3 is 0 Å². The number of halogens is 1. The first kappa shape index (κ1) is 12.8. The maximum atomic E-state index is 5.96. The van der Waals surface area contributed by atoms with Crippen LogP contribution in [0.15, 0.2) is 36.7 Å². The second kappa shape index (κ2) is 5.07. The number of nitrogens with two attached hydrogens (primary N) is 1. The maximum Gasteiger partial charge on any atom is 0.143 e. The van der Waals surface area contributed by atoms with E-state index in [1.807, 2.05) is 30.3 Å². The van der Waals surface area contributed by atoms with Gasteiger partial charge in [0.2, 0.25) is 0 Å². The Morgan fingerprint density at radius 3 is 2.90 bits per heavy atom. The van der Waals surface area contributed by atoms with Crippen molar-refractivity contribution in [3.05, 3.63) is 47.4 Å². The van der Waals surface area contributed by atoms with E-state index in [0.717, 1.165) is 11.1 Å². The Balaban J connectivity index is 2.05. The molecule has 0 aliphatic rings. The summed E-state index contributed by atoms with van der Waals surface area (Å²) in [6.45, 7) is 0. The molecule has 0 fully saturated rings. The first-order valence-corrected chi connectivity index (χ1v) is 6.58. The predicted molar refractivity (Wildman–Crippen MR) is 84.5 cm³/mol. The summed E-state index contributed by atoms with van der Waals surface area (Å²) in [5.74, 6) is 0.663. The van der Waals surface area contributed by atoms with Crippen molar-refractivity contribution in [3.63, 3.8) is 0 Å². The van der Waals surface area contributed by atoms with E-state index in [2.05, 4.69) is 20.3 Å². The Labute approximate surface area is 125 Å². The smallest absolute Gasteiger partial charge is 0.143 e. The first-order valence-electron chi connectivity index (χ1n) is 5.79. The zero-order valence-corrected chi connectivity index (χ0v) is 11.8. The van der Waals surface area contributed by atoms with Gasteiger partial charge in [0.05, 0.1) is 11.1 Å². The summed E-state index contributed by atoms with van der Waals surface area (Å²) in [4.78, 5) is 11.7. The highest BCUT2D eigenvalue weighted by atomic mass is 35.5. The summed E-state index contributed by atoms with van der Waals surface area (Å²) >= 11 is 10.9. The molecule has 0 radical (unpaired) electrons. The van der Waals surface area contributed by atoms with E-state index in [9.17, 15) is 0 Å². The van der Waals surface area contributed by atoms with Gasteiger partial charge in [-0.15, -0.1) is 0 Å². The lowest BCUT2D eigenvalue weighted by Gasteiger charge is -2.06. The Morgan fingerprint density at radius 1 is 1.30 bits per heavy atom. The van der Waals surface area contributed by atoms with Crippen molar-refractivity contribution >= 4 is 51.3 Å². The molecule has 2 aromatic heterocycles. The van der Waals surface area contributed by atoms with Crippen LogP contribution in [0.1, 0.15) is 5.69 Å². The minimum absolute atomic E-state index is 0.289. The van der Waals surface area contributed by atoms with Crippen LogP contribution in [-0.4, -0.2) is 19.9 Å². The number of thiocarbonyl (C=S) groups is 1. The van der Waals surface area contributed by atoms with Gasteiger partial charge in [-0.05, 0) is 24.3 Å². The van der Waals surface area contributed by atoms with Crippen molar-refractivity contribution in [1.82, 2.24) is 15.0 Å². The Kier molecular flexibility index (Phi) is 3.25. The lowest BCUT2D eigenvalue weighted by molar-refractivity contribution is 1.20. The average molecular weight is 304 g/mol. The van der Waals surface area contributed by atoms with Gasteiger partial charge in [0.1, 0.15) is 22.8 Å². The van der Waals surface area contributed by atoms with E-state index in [4.69, 9.17) is 29.6 Å². The molecule has 0 saturated heterocycles. The van der Waals surface area contributed by atoms with Crippen molar-refractivity contribution in [2.75, 3.05) is 5.32 Å². The van der Waals surface area contributed by atoms with Crippen LogP contribution in [0.4, 0.5) is 11.5 Å². The summed E-state index contributed by atoms with van der Waals surface area (Å²) in [6.07, 6.45) is 1.47. The third kappa shape index (κ3) is 2.43. The minimum atomic E-state index is 0.289. The largest absolute Gasteiger partial charge is 0.388 e. The molecule has 0 atom stereocenters. The number of rotatable bonds is 3. The molecular weight excluding hydrogens is 294 g/mol. The number of aromatic amines is 1. The second-order valence-corrected chi connectivity index (χ2v) is 5.04. The fraction of sp³-hybridized carbons (Fsp3) is 0. The van der Waals surface area contributed by atoms with Gasteiger partial charge in [0.25, 0.3) is 0 Å². The molecule has 1 aromatic carbocycles. The maximum absolute atomic E-state index is 5.96. The van der Waals surface area contributed by atoms with Crippen LogP contribution in [0.5, 0.6) is 0 Å². The molecule has 4 N–H and O–H groups in total. The number of anilines is 2. The molecule has 5 nitrogen and oxygen atoms in total. The van der Waals surface area contributed by atoms with Gasteiger partial charge in [-0.2, -0.15) is 0 Å². The van der Waals surface area contributed by atoms with Gasteiger partial charge in [-0.25, -0.2) is 9.97 Å². The fourth-order valence-corrected chi connectivity index (χ4v) is 2.18. The Bertz CT molecular complexity index is 798. The topological polar surface area (TPSA) is 79.6 Å². The van der Waals surface area contributed by atoms with E-state index in [-0.39, 0.29) is 4.99 Å². The van der Waals surface area contributed by atoms with Crippen LogP contribution >= 0.6 is 23.8 Å². The van der Waals surface area contributed by atoms with E-state index < -0.39 is 0 Å². The minimum Gasteiger partial charge on any atom is -0.388 e. The van der Waals surface area contributed by atoms with E-state index in [1.54, 1.807) is 0 Å². The van der Waals surface area contributed by atoms with Crippen molar-refractivity contribution in [3.8, 4) is 0 Å². The van der Waals surface area contributed by atoms with Crippen LogP contribution in [-0.2, 0) is 0 Å². The van der Waals surface area contributed by atoms with E-state index >= 15 is 0 Å². The molecule has 3 aromatic rings. The van der Waals surface area contributed by atoms with Crippen LogP contribution in [0.25, 0.3) is 11.0 Å². The summed E-state index contributed by atoms with van der Waals surface area (Å²) < 4.78 is 0. The highest BCUT2D eigenvalue weighted by Gasteiger charge is 2.09. The third-order valence-corrected chi connectivity index (χ3v) is 3.23. The van der Waals surface area contributed by atoms with E-state index in [1.165, 1.54) is 6.33 Å². The monoisotopic (exact) mass is 303 g/mol. The summed E-state index contributed by atoms with van der Waals surface area (Å²) in [7, 11) is 0. The molecule has 2 heterocycles. The van der Waals surface area contributed by atoms with Crippen molar-refractivity contribution < 1.29 is 0 Å². The Morgan fingerprint density at radius 2 is 2.15 bits per heavy atom. The molecule has 0 saturated carbocycles. The molecule has 0 unspecified atom stereocenters. The number of hydrogen-bond acceptors (Lipinski definition) is 4. The van der Waals surface area contributed by atoms with Gasteiger partial charge in [0, 0.05) is 10.7 Å². The molecule has 100 valence electrons. The van der Waals surface area contributed by atoms with Crippen LogP contribution in [0.2, 0.25) is 5.02 Å². The number of fused-ring (bicyclic) bond motifs is 1. The van der Waals surface area contributed by atoms with Gasteiger partial charge in [-0.3, -0.25) is 0 Å². The highest BCUT2D eigenvalue weighted by Crippen LogP contribution is 2.25. The molecule has 20 heavy (non-hydrogen) atoms. The lowest BCUT2D eigenvalue weighted by Crippen LogP contribution is -2.09. The van der Waals surface area contributed by atoms with Gasteiger partial charge in [0.15, 0.2) is 0 Å². The molecule has 0 aliphatic carbocycles. The number of hydrogen-bond donors (Lipinski definition) is 3. The van der Waals surface area contributed by atoms with Crippen LogP contribution in [0.3, 0.4) is 0 Å². The number of aromatic nitrogens is 3. The first-order chi connectivity index (χ1) is 9.63. The fourth-order valence-electron chi connectivity index (χ4n) is 1.88. The second-order valence-electron chi connectivity index (χ2n) is 4.17. The van der Waals surface area contributed by atoms with Crippen molar-refractivity contribution in [2.45, 2.75) is 0 Å². The number of H-pyrrole nitrogens is 1. The molecule has 0 bridgehead atoms. The Hall–Kier alpha value is -2.18. The van der Waals surface area contributed by atoms with Crippen molar-refractivity contribution in [1.29, 1.82) is 0 Å². The predicted octanol–water partition coefficient (Wildman–Crippen LogP) is 2.99. The van der Waals surface area contributed by atoms with Crippen molar-refractivity contribution in [2.24, 2.45) is 5.73 Å². The SMILES string of the molecule is NC(=S)c1cc2c(Nc3cccc(Cl)c3)ncnc2[nH]1. The average Bonchev–Trinajstić information content (AvgIpc) is 2.84. The van der Waals surface area contributed by atoms with Gasteiger partial charge in [-0.1, -0.05) is 29.9 Å². The van der Waals surface area contributed by atoms with E-state index in [0.29, 0.717) is 22.2 Å². The standard InChI is InChI=1S/C13H10ClN5S/c14-7-2-1-3-8(4-7)18-12-9-5-10(11(15)20)19-13(9)17-6-16-12/h1-6H,(H2,15,20)(H2,16,17,18,19). The zero-order valence-electron chi connectivity index (χ0n) is 10.2. The molecule has 0 amide bonds. The summed E-state index contributed by atoms with van der Waals surface area (Å²) in [5.41, 5.74) is 7.79. The summed E-state index contributed by atoms with van der Waals surface area (Å²) in [6, 6.07) is 9.21. The van der Waals surface area contributed by atoms with Crippen LogP contribution in [0, 0.1) is 0 Å². The zero-order chi connectivity index (χ0) is 14.1. The normalized spacial score (nSPS) is 10.7. The molecule has 3 rings (SSSR count). The van der Waals surface area contributed by atoms with Gasteiger partial charge < -0.3 is 16.0 Å². The highest BCUT2D eigenvalue weighted by molar-refractivity contribution is 7.80. The number of nitrogens with one attached hydrogen (secondary N) is 2. The number of benzene rings is 1. The quantitative estimate of drug-likeness (QED) is 0.648. The molecule has 0 aliphatic heterocycles.